The zero-order valence-corrected chi connectivity index (χ0v) is 21.3. The van der Waals surface area contributed by atoms with E-state index in [1.54, 1.807) is 4.90 Å². The number of fused-ring (bicyclic) bond motifs is 2. The highest BCUT2D eigenvalue weighted by Gasteiger charge is 2.50. The van der Waals surface area contributed by atoms with E-state index >= 15 is 0 Å². The lowest BCUT2D eigenvalue weighted by molar-refractivity contribution is -0.145. The Labute approximate surface area is 211 Å². The van der Waals surface area contributed by atoms with Crippen molar-refractivity contribution in [2.75, 3.05) is 44.3 Å². The van der Waals surface area contributed by atoms with Crippen molar-refractivity contribution < 1.29 is 22.7 Å². The molecule has 2 unspecified atom stereocenters. The van der Waals surface area contributed by atoms with Gasteiger partial charge in [-0.15, -0.1) is 5.10 Å². The van der Waals surface area contributed by atoms with Crippen LogP contribution in [0.25, 0.3) is 0 Å². The van der Waals surface area contributed by atoms with Crippen molar-refractivity contribution in [3.05, 3.63) is 17.8 Å². The number of piperazine rings is 1. The predicted molar refractivity (Wildman–Crippen MR) is 129 cm³/mol. The Morgan fingerprint density at radius 3 is 2.47 bits per heavy atom. The monoisotopic (exact) mass is 509 g/mol. The molecular weight excluding hydrogens is 471 g/mol. The summed E-state index contributed by atoms with van der Waals surface area (Å²) in [6.45, 7) is 7.84. The second-order valence-corrected chi connectivity index (χ2v) is 11.5. The molecule has 4 aliphatic rings. The summed E-state index contributed by atoms with van der Waals surface area (Å²) in [4.78, 5) is 17.6. The molecule has 3 heterocycles. The van der Waals surface area contributed by atoms with Gasteiger partial charge in [0, 0.05) is 38.3 Å². The van der Waals surface area contributed by atoms with E-state index < -0.39 is 17.2 Å². The summed E-state index contributed by atoms with van der Waals surface area (Å²) in [6.07, 6.45) is 2.73. The van der Waals surface area contributed by atoms with Gasteiger partial charge in [0.25, 0.3) is 0 Å². The normalized spacial score (nSPS) is 33.3. The summed E-state index contributed by atoms with van der Waals surface area (Å²) in [5.41, 5.74) is -1.20. The third-order valence-corrected chi connectivity index (χ3v) is 9.20. The van der Waals surface area contributed by atoms with E-state index in [0.717, 1.165) is 44.7 Å². The zero-order chi connectivity index (χ0) is 25.5. The highest BCUT2D eigenvalue weighted by atomic mass is 19.4. The average Bonchev–Trinajstić information content (AvgIpc) is 3.28. The van der Waals surface area contributed by atoms with Gasteiger partial charge in [0.2, 0.25) is 5.91 Å². The number of carbonyl (C=O) groups excluding carboxylic acids is 1. The summed E-state index contributed by atoms with van der Waals surface area (Å²) in [5.74, 6) is 1.79. The third-order valence-electron chi connectivity index (χ3n) is 9.20. The van der Waals surface area contributed by atoms with Crippen molar-refractivity contribution in [1.29, 1.82) is 0 Å². The number of ether oxygens (including phenoxy) is 1. The lowest BCUT2D eigenvalue weighted by Gasteiger charge is -2.44. The molecule has 0 radical (unpaired) electrons. The number of hydrogen-bond donors (Lipinski definition) is 1. The molecule has 2 saturated heterocycles. The molecular formula is C26H38F3N5O2. The number of nitrogens with one attached hydrogen (secondary N) is 1. The van der Waals surface area contributed by atoms with Gasteiger partial charge in [-0.25, -0.2) is 0 Å². The number of nitrogens with zero attached hydrogens (tertiary/aromatic N) is 4. The van der Waals surface area contributed by atoms with Crippen LogP contribution in [-0.2, 0) is 15.7 Å². The quantitative estimate of drug-likeness (QED) is 0.652. The van der Waals surface area contributed by atoms with Gasteiger partial charge in [-0.05, 0) is 55.9 Å². The van der Waals surface area contributed by atoms with E-state index in [2.05, 4.69) is 29.4 Å². The molecule has 1 N–H and O–H groups in total. The minimum Gasteiger partial charge on any atom is -0.381 e. The maximum atomic E-state index is 13.9. The highest BCUT2D eigenvalue weighted by molar-refractivity contribution is 5.84. The first-order valence-corrected chi connectivity index (χ1v) is 13.5. The average molecular weight is 510 g/mol. The minimum atomic E-state index is -4.46. The Balaban J connectivity index is 1.22. The maximum Gasteiger partial charge on any atom is 0.418 e. The summed E-state index contributed by atoms with van der Waals surface area (Å²) < 4.78 is 45.1. The van der Waals surface area contributed by atoms with E-state index in [1.165, 1.54) is 19.3 Å². The summed E-state index contributed by atoms with van der Waals surface area (Å²) >= 11 is 0. The fourth-order valence-corrected chi connectivity index (χ4v) is 6.98. The first kappa shape index (κ1) is 25.7. The lowest BCUT2D eigenvalue weighted by atomic mass is 9.73. The minimum absolute atomic E-state index is 0.198. The number of rotatable bonds is 5. The SMILES string of the molecule is CC(C)[C@]1(C(=O)N2CCN(c3cc(C(F)(F)F)cnn3)CC2)CC[C@@H](NC2C3CCCC2COC3)C1. The standard InChI is InChI=1S/C26H38F3N5O2/c1-17(2)25(7-6-21(13-25)31-23-18-4-3-5-19(23)16-36-15-18)24(35)34-10-8-33(9-11-34)22-12-20(14-30-32-22)26(27,28)29/h12,14,17-19,21,23,31H,3-11,13,15-16H2,1-2H3/t18?,19?,21-,23?,25+/m1/s1. The van der Waals surface area contributed by atoms with Crippen molar-refractivity contribution in [2.45, 2.75) is 70.6 Å². The van der Waals surface area contributed by atoms with Crippen LogP contribution in [0.15, 0.2) is 12.3 Å². The largest absolute Gasteiger partial charge is 0.418 e. The molecule has 4 fully saturated rings. The van der Waals surface area contributed by atoms with Crippen molar-refractivity contribution in [2.24, 2.45) is 23.2 Å². The van der Waals surface area contributed by atoms with Crippen molar-refractivity contribution in [1.82, 2.24) is 20.4 Å². The van der Waals surface area contributed by atoms with Gasteiger partial charge in [0.05, 0.1) is 30.4 Å². The topological polar surface area (TPSA) is 70.6 Å². The zero-order valence-electron chi connectivity index (χ0n) is 21.3. The van der Waals surface area contributed by atoms with Crippen LogP contribution >= 0.6 is 0 Å². The maximum absolute atomic E-state index is 13.9. The van der Waals surface area contributed by atoms with E-state index in [9.17, 15) is 18.0 Å². The molecule has 200 valence electrons. The second-order valence-electron chi connectivity index (χ2n) is 11.5. The highest BCUT2D eigenvalue weighted by Crippen LogP contribution is 2.47. The molecule has 36 heavy (non-hydrogen) atoms. The summed E-state index contributed by atoms with van der Waals surface area (Å²) in [7, 11) is 0. The molecule has 1 aromatic heterocycles. The molecule has 10 heteroatoms. The molecule has 2 aliphatic heterocycles. The van der Waals surface area contributed by atoms with Crippen LogP contribution in [0, 0.1) is 23.2 Å². The fourth-order valence-electron chi connectivity index (χ4n) is 6.98. The van der Waals surface area contributed by atoms with E-state index in [4.69, 9.17) is 4.74 Å². The number of aromatic nitrogens is 2. The van der Waals surface area contributed by atoms with Crippen molar-refractivity contribution >= 4 is 11.7 Å². The van der Waals surface area contributed by atoms with Crippen molar-refractivity contribution in [3.8, 4) is 0 Å². The van der Waals surface area contributed by atoms with Crippen LogP contribution in [0.4, 0.5) is 19.0 Å². The van der Waals surface area contributed by atoms with Crippen LogP contribution in [0.3, 0.4) is 0 Å². The Morgan fingerprint density at radius 1 is 1.14 bits per heavy atom. The van der Waals surface area contributed by atoms with Crippen LogP contribution < -0.4 is 10.2 Å². The molecule has 5 rings (SSSR count). The predicted octanol–water partition coefficient (Wildman–Crippen LogP) is 3.74. The van der Waals surface area contributed by atoms with Crippen LogP contribution in [0.5, 0.6) is 0 Å². The van der Waals surface area contributed by atoms with Gasteiger partial charge < -0.3 is 19.9 Å². The number of anilines is 1. The van der Waals surface area contributed by atoms with Crippen molar-refractivity contribution in [3.63, 3.8) is 0 Å². The first-order chi connectivity index (χ1) is 17.2. The fraction of sp³-hybridized carbons (Fsp3) is 0.808. The number of hydrogen-bond acceptors (Lipinski definition) is 6. The number of alkyl halides is 3. The van der Waals surface area contributed by atoms with Gasteiger partial charge in [0.15, 0.2) is 5.82 Å². The molecule has 4 atom stereocenters. The summed E-state index contributed by atoms with van der Waals surface area (Å²) in [6, 6.07) is 1.87. The van der Waals surface area contributed by atoms with Gasteiger partial charge >= 0.3 is 6.18 Å². The Bertz CT molecular complexity index is 914. The Hall–Kier alpha value is -1.94. The molecule has 0 spiro atoms. The van der Waals surface area contributed by atoms with E-state index in [0.29, 0.717) is 50.1 Å². The Kier molecular flexibility index (Phi) is 7.20. The van der Waals surface area contributed by atoms with E-state index in [1.807, 2.05) is 4.90 Å². The first-order valence-electron chi connectivity index (χ1n) is 13.5. The number of halogens is 3. The molecule has 2 aliphatic carbocycles. The van der Waals surface area contributed by atoms with Crippen LogP contribution in [-0.4, -0.2) is 72.5 Å². The number of amides is 1. The van der Waals surface area contributed by atoms with E-state index in [-0.39, 0.29) is 17.6 Å². The lowest BCUT2D eigenvalue weighted by Crippen LogP contribution is -2.56. The molecule has 1 aromatic rings. The molecule has 2 saturated carbocycles. The molecule has 2 bridgehead atoms. The van der Waals surface area contributed by atoms with Crippen LogP contribution in [0.2, 0.25) is 0 Å². The number of carbonyl (C=O) groups is 1. The van der Waals surface area contributed by atoms with Gasteiger partial charge in [-0.2, -0.15) is 18.3 Å². The summed E-state index contributed by atoms with van der Waals surface area (Å²) in [5, 5.41) is 11.4. The molecule has 0 aromatic carbocycles. The van der Waals surface area contributed by atoms with Crippen LogP contribution in [0.1, 0.15) is 57.9 Å². The second kappa shape index (κ2) is 10.1. The molecule has 7 nitrogen and oxygen atoms in total. The smallest absolute Gasteiger partial charge is 0.381 e. The third kappa shape index (κ3) is 4.95. The van der Waals surface area contributed by atoms with Gasteiger partial charge in [-0.1, -0.05) is 20.3 Å². The molecule has 1 amide bonds. The Morgan fingerprint density at radius 2 is 1.83 bits per heavy atom. The van der Waals surface area contributed by atoms with Gasteiger partial charge in [0.1, 0.15) is 0 Å². The van der Waals surface area contributed by atoms with Gasteiger partial charge in [-0.3, -0.25) is 4.79 Å².